The molecule has 0 aliphatic carbocycles. The van der Waals surface area contributed by atoms with Crippen LogP contribution in [0.5, 0.6) is 5.75 Å². The van der Waals surface area contributed by atoms with Gasteiger partial charge in [-0.25, -0.2) is 4.98 Å². The number of H-pyrrole nitrogens is 1. The molecule has 0 spiro atoms. The van der Waals surface area contributed by atoms with Gasteiger partial charge in [0.15, 0.2) is 10.9 Å². The largest absolute Gasteiger partial charge is 0.497 e. The van der Waals surface area contributed by atoms with Crippen molar-refractivity contribution in [3.8, 4) is 5.75 Å². The molecule has 0 aliphatic rings. The number of rotatable bonds is 5. The number of nitrogens with zero attached hydrogens (tertiary/aromatic N) is 1. The van der Waals surface area contributed by atoms with E-state index in [0.29, 0.717) is 0 Å². The summed E-state index contributed by atoms with van der Waals surface area (Å²) < 4.78 is 5.23. The van der Waals surface area contributed by atoms with Crippen LogP contribution in [0.1, 0.15) is 43.6 Å². The van der Waals surface area contributed by atoms with Crippen LogP contribution >= 0.6 is 11.8 Å². The molecule has 3 rings (SSSR count). The predicted molar refractivity (Wildman–Crippen MR) is 107 cm³/mol. The van der Waals surface area contributed by atoms with Crippen LogP contribution in [0, 0.1) is 0 Å². The summed E-state index contributed by atoms with van der Waals surface area (Å²) in [5.41, 5.74) is 3.80. The molecule has 1 N–H and O–H groups in total. The first-order valence-corrected chi connectivity index (χ1v) is 9.51. The Morgan fingerprint density at radius 2 is 1.85 bits per heavy atom. The number of aromatic amines is 1. The van der Waals surface area contributed by atoms with E-state index >= 15 is 0 Å². The minimum absolute atomic E-state index is 0.0806. The molecule has 0 bridgehead atoms. The highest BCUT2D eigenvalue weighted by molar-refractivity contribution is 8.00. The van der Waals surface area contributed by atoms with E-state index in [1.807, 2.05) is 49.4 Å². The van der Waals surface area contributed by atoms with Crippen molar-refractivity contribution in [2.75, 3.05) is 7.11 Å². The van der Waals surface area contributed by atoms with E-state index in [9.17, 15) is 4.79 Å². The van der Waals surface area contributed by atoms with E-state index in [4.69, 9.17) is 4.74 Å². The maximum atomic E-state index is 12.7. The first-order chi connectivity index (χ1) is 12.3. The molecule has 0 saturated heterocycles. The average Bonchev–Trinajstić information content (AvgIpc) is 3.01. The second-order valence-electron chi connectivity index (χ2n) is 7.38. The number of ketones is 1. The number of benzene rings is 2. The summed E-state index contributed by atoms with van der Waals surface area (Å²) >= 11 is 1.44. The second-order valence-corrected chi connectivity index (χ2v) is 8.71. The Balaban J connectivity index is 1.74. The van der Waals surface area contributed by atoms with E-state index in [1.165, 1.54) is 17.3 Å². The molecule has 1 aromatic heterocycles. The summed E-state index contributed by atoms with van der Waals surface area (Å²) in [5, 5.41) is 0.512. The average molecular weight is 369 g/mol. The van der Waals surface area contributed by atoms with Crippen LogP contribution < -0.4 is 4.74 Å². The quantitative estimate of drug-likeness (QED) is 0.495. The molecular weight excluding hydrogens is 344 g/mol. The van der Waals surface area contributed by atoms with Crippen molar-refractivity contribution in [2.24, 2.45) is 0 Å². The van der Waals surface area contributed by atoms with Crippen LogP contribution in [0.2, 0.25) is 0 Å². The van der Waals surface area contributed by atoms with Gasteiger partial charge >= 0.3 is 0 Å². The topological polar surface area (TPSA) is 55.0 Å². The number of methoxy groups -OCH3 is 1. The molecule has 0 unspecified atom stereocenters. The molecule has 0 fully saturated rings. The summed E-state index contributed by atoms with van der Waals surface area (Å²) in [6.07, 6.45) is 0. The van der Waals surface area contributed by atoms with Gasteiger partial charge in [-0.2, -0.15) is 0 Å². The lowest BCUT2D eigenvalue weighted by Crippen LogP contribution is -2.15. The van der Waals surface area contributed by atoms with Gasteiger partial charge in [0.2, 0.25) is 0 Å². The molecule has 0 radical (unpaired) electrons. The second kappa shape index (κ2) is 7.16. The van der Waals surface area contributed by atoms with E-state index in [-0.39, 0.29) is 16.4 Å². The minimum Gasteiger partial charge on any atom is -0.497 e. The lowest BCUT2D eigenvalue weighted by atomic mass is 9.86. The molecule has 0 aliphatic heterocycles. The Bertz CT molecular complexity index is 923. The highest BCUT2D eigenvalue weighted by Gasteiger charge is 2.20. The fraction of sp³-hybridized carbons (Fsp3) is 0.333. The van der Waals surface area contributed by atoms with E-state index < -0.39 is 0 Å². The molecule has 26 heavy (non-hydrogen) atoms. The lowest BCUT2D eigenvalue weighted by molar-refractivity contribution is 0.0994. The van der Waals surface area contributed by atoms with Gasteiger partial charge in [0.05, 0.1) is 23.4 Å². The zero-order valence-corrected chi connectivity index (χ0v) is 16.6. The van der Waals surface area contributed by atoms with Crippen LogP contribution in [0.4, 0.5) is 0 Å². The fourth-order valence-electron chi connectivity index (χ4n) is 2.74. The summed E-state index contributed by atoms with van der Waals surface area (Å²) in [7, 11) is 1.64. The monoisotopic (exact) mass is 368 g/mol. The fourth-order valence-corrected chi connectivity index (χ4v) is 3.64. The normalized spacial score (nSPS) is 13.0. The molecule has 5 heteroatoms. The first kappa shape index (κ1) is 18.5. The Kier molecular flexibility index (Phi) is 5.10. The third kappa shape index (κ3) is 3.93. The number of carbonyl (C=O) groups excluding carboxylic acids is 1. The smallest absolute Gasteiger partial charge is 0.175 e. The van der Waals surface area contributed by atoms with Gasteiger partial charge in [-0.3, -0.25) is 4.79 Å². The number of aromatic nitrogens is 2. The van der Waals surface area contributed by atoms with E-state index in [1.54, 1.807) is 7.11 Å². The van der Waals surface area contributed by atoms with Gasteiger partial charge in [-0.1, -0.05) is 56.8 Å². The standard InChI is InChI=1S/C21H24N2O2S/c1-13(19(24)14-6-8-15(9-7-14)21(2,3)4)26-20-22-17-11-10-16(25-5)12-18(17)23-20/h6-13H,1-5H3,(H,22,23)/t13-/m0/s1. The zero-order chi connectivity index (χ0) is 18.9. The number of imidazole rings is 1. The van der Waals surface area contributed by atoms with Crippen molar-refractivity contribution in [3.63, 3.8) is 0 Å². The van der Waals surface area contributed by atoms with Crippen LogP contribution in [0.3, 0.4) is 0 Å². The van der Waals surface area contributed by atoms with Gasteiger partial charge in [-0.15, -0.1) is 0 Å². The molecule has 136 valence electrons. The molecule has 3 aromatic rings. The SMILES string of the molecule is COc1ccc2nc(S[C@@H](C)C(=O)c3ccc(C(C)(C)C)cc3)[nH]c2c1. The molecular formula is C21H24N2O2S. The molecule has 0 saturated carbocycles. The third-order valence-electron chi connectivity index (χ3n) is 4.36. The number of ether oxygens (including phenoxy) is 1. The maximum Gasteiger partial charge on any atom is 0.175 e. The Labute approximate surface area is 158 Å². The zero-order valence-electron chi connectivity index (χ0n) is 15.8. The van der Waals surface area contributed by atoms with Crippen LogP contribution in [-0.4, -0.2) is 28.1 Å². The van der Waals surface area contributed by atoms with Crippen molar-refractivity contribution < 1.29 is 9.53 Å². The molecule has 2 aromatic carbocycles. The third-order valence-corrected chi connectivity index (χ3v) is 5.34. The highest BCUT2D eigenvalue weighted by Crippen LogP contribution is 2.28. The summed E-state index contributed by atoms with van der Waals surface area (Å²) in [6, 6.07) is 13.6. The van der Waals surface area contributed by atoms with Crippen molar-refractivity contribution in [3.05, 3.63) is 53.6 Å². The number of thioether (sulfide) groups is 1. The minimum atomic E-state index is -0.224. The molecule has 4 nitrogen and oxygen atoms in total. The van der Waals surface area contributed by atoms with Crippen molar-refractivity contribution in [1.29, 1.82) is 0 Å². The van der Waals surface area contributed by atoms with E-state index in [0.717, 1.165) is 27.5 Å². The molecule has 1 heterocycles. The number of nitrogens with one attached hydrogen (secondary N) is 1. The molecule has 1 atom stereocenters. The number of carbonyl (C=O) groups is 1. The summed E-state index contributed by atoms with van der Waals surface area (Å²) in [6.45, 7) is 8.41. The van der Waals surface area contributed by atoms with Gasteiger partial charge in [-0.05, 0) is 30.0 Å². The Morgan fingerprint density at radius 3 is 2.46 bits per heavy atom. The molecule has 0 amide bonds. The maximum absolute atomic E-state index is 12.7. The number of hydrogen-bond acceptors (Lipinski definition) is 4. The van der Waals surface area contributed by atoms with Gasteiger partial charge in [0.1, 0.15) is 5.75 Å². The first-order valence-electron chi connectivity index (χ1n) is 8.63. The summed E-state index contributed by atoms with van der Waals surface area (Å²) in [4.78, 5) is 20.5. The highest BCUT2D eigenvalue weighted by atomic mass is 32.2. The van der Waals surface area contributed by atoms with Crippen LogP contribution in [0.15, 0.2) is 47.6 Å². The lowest BCUT2D eigenvalue weighted by Gasteiger charge is -2.19. The van der Waals surface area contributed by atoms with Crippen LogP contribution in [0.25, 0.3) is 11.0 Å². The van der Waals surface area contributed by atoms with E-state index in [2.05, 4.69) is 30.7 Å². The number of hydrogen-bond donors (Lipinski definition) is 1. The van der Waals surface area contributed by atoms with Gasteiger partial charge in [0, 0.05) is 11.6 Å². The van der Waals surface area contributed by atoms with Crippen molar-refractivity contribution >= 4 is 28.6 Å². The van der Waals surface area contributed by atoms with Gasteiger partial charge in [0.25, 0.3) is 0 Å². The number of fused-ring (bicyclic) bond motifs is 1. The summed E-state index contributed by atoms with van der Waals surface area (Å²) in [5.74, 6) is 0.884. The Morgan fingerprint density at radius 1 is 1.15 bits per heavy atom. The predicted octanol–water partition coefficient (Wildman–Crippen LogP) is 5.23. The van der Waals surface area contributed by atoms with Gasteiger partial charge < -0.3 is 9.72 Å². The number of Topliss-reactive ketones (excluding diaryl/α,β-unsaturated/α-hetero) is 1. The van der Waals surface area contributed by atoms with Crippen molar-refractivity contribution in [1.82, 2.24) is 9.97 Å². The van der Waals surface area contributed by atoms with Crippen molar-refractivity contribution in [2.45, 2.75) is 43.5 Å². The Hall–Kier alpha value is -2.27. The van der Waals surface area contributed by atoms with Crippen LogP contribution in [-0.2, 0) is 5.41 Å².